The Morgan fingerprint density at radius 3 is 2.53 bits per heavy atom. The van der Waals surface area contributed by atoms with Gasteiger partial charge in [0.15, 0.2) is 0 Å². The number of aromatic nitrogens is 3. The van der Waals surface area contributed by atoms with E-state index >= 15 is 0 Å². The van der Waals surface area contributed by atoms with Crippen LogP contribution in [0.2, 0.25) is 10.0 Å². The largest absolute Gasteiger partial charge is 0.377 e. The summed E-state index contributed by atoms with van der Waals surface area (Å²) in [5.74, 6) is -0.465. The minimum atomic E-state index is -0.465. The molecule has 0 amide bonds. The highest BCUT2D eigenvalue weighted by atomic mass is 35.5. The van der Waals surface area contributed by atoms with Gasteiger partial charge in [-0.25, -0.2) is 4.39 Å². The third-order valence-electron chi connectivity index (χ3n) is 2.26. The van der Waals surface area contributed by atoms with Crippen molar-refractivity contribution in [3.8, 4) is 0 Å². The van der Waals surface area contributed by atoms with E-state index in [4.69, 9.17) is 23.2 Å². The standard InChI is InChI=1S/C10H9Cl2FN4/c1-17-7(5-15-16-17)4-14-10-8(11)2-6(13)3-9(10)12/h2-3,5,14H,4H2,1H3. The van der Waals surface area contributed by atoms with Crippen molar-refractivity contribution >= 4 is 28.9 Å². The molecule has 0 saturated heterocycles. The number of halogens is 3. The Morgan fingerprint density at radius 2 is 2.00 bits per heavy atom. The zero-order chi connectivity index (χ0) is 12.4. The van der Waals surface area contributed by atoms with E-state index in [1.807, 2.05) is 0 Å². The van der Waals surface area contributed by atoms with Crippen LogP contribution in [0.15, 0.2) is 18.3 Å². The van der Waals surface area contributed by atoms with Crippen LogP contribution < -0.4 is 5.32 Å². The lowest BCUT2D eigenvalue weighted by atomic mass is 10.3. The second-order valence-electron chi connectivity index (χ2n) is 3.45. The maximum absolute atomic E-state index is 13.0. The molecule has 1 N–H and O–H groups in total. The van der Waals surface area contributed by atoms with Gasteiger partial charge >= 0.3 is 0 Å². The van der Waals surface area contributed by atoms with E-state index in [2.05, 4.69) is 15.6 Å². The lowest BCUT2D eigenvalue weighted by Crippen LogP contribution is -2.06. The van der Waals surface area contributed by atoms with Gasteiger partial charge in [-0.15, -0.1) is 5.10 Å². The van der Waals surface area contributed by atoms with Crippen molar-refractivity contribution in [2.24, 2.45) is 7.05 Å². The van der Waals surface area contributed by atoms with E-state index in [-0.39, 0.29) is 10.0 Å². The van der Waals surface area contributed by atoms with Crippen molar-refractivity contribution in [2.45, 2.75) is 6.54 Å². The number of nitrogens with zero attached hydrogens (tertiary/aromatic N) is 3. The second-order valence-corrected chi connectivity index (χ2v) is 4.26. The topological polar surface area (TPSA) is 42.7 Å². The molecule has 0 radical (unpaired) electrons. The molecule has 0 aliphatic carbocycles. The predicted octanol–water partition coefficient (Wildman–Crippen LogP) is 2.87. The third kappa shape index (κ3) is 2.68. The molecule has 17 heavy (non-hydrogen) atoms. The third-order valence-corrected chi connectivity index (χ3v) is 2.86. The van der Waals surface area contributed by atoms with Crippen molar-refractivity contribution in [1.82, 2.24) is 15.0 Å². The summed E-state index contributed by atoms with van der Waals surface area (Å²) in [4.78, 5) is 0. The van der Waals surface area contributed by atoms with E-state index in [9.17, 15) is 4.39 Å². The molecule has 0 atom stereocenters. The van der Waals surface area contributed by atoms with Gasteiger partial charge in [0.2, 0.25) is 0 Å². The first-order valence-electron chi connectivity index (χ1n) is 4.80. The van der Waals surface area contributed by atoms with Crippen molar-refractivity contribution in [2.75, 3.05) is 5.32 Å². The van der Waals surface area contributed by atoms with Gasteiger partial charge in [-0.3, -0.25) is 4.68 Å². The van der Waals surface area contributed by atoms with Gasteiger partial charge in [0.05, 0.1) is 34.2 Å². The number of nitrogens with one attached hydrogen (secondary N) is 1. The summed E-state index contributed by atoms with van der Waals surface area (Å²) < 4.78 is 14.6. The van der Waals surface area contributed by atoms with Crippen LogP contribution in [0.5, 0.6) is 0 Å². The molecule has 1 heterocycles. The molecule has 0 bridgehead atoms. The molecule has 0 aliphatic heterocycles. The fourth-order valence-corrected chi connectivity index (χ4v) is 1.96. The lowest BCUT2D eigenvalue weighted by molar-refractivity contribution is 0.628. The summed E-state index contributed by atoms with van der Waals surface area (Å²) in [7, 11) is 1.78. The molecule has 2 aromatic rings. The molecule has 90 valence electrons. The number of aryl methyl sites for hydroxylation is 1. The maximum Gasteiger partial charge on any atom is 0.126 e. The summed E-state index contributed by atoms with van der Waals surface area (Å²) >= 11 is 11.8. The number of rotatable bonds is 3. The van der Waals surface area contributed by atoms with Crippen molar-refractivity contribution in [3.05, 3.63) is 39.9 Å². The minimum absolute atomic E-state index is 0.241. The van der Waals surface area contributed by atoms with Crippen LogP contribution in [-0.4, -0.2) is 15.0 Å². The van der Waals surface area contributed by atoms with Crippen LogP contribution in [0.25, 0.3) is 0 Å². The minimum Gasteiger partial charge on any atom is -0.377 e. The van der Waals surface area contributed by atoms with Gasteiger partial charge in [0.1, 0.15) is 5.82 Å². The van der Waals surface area contributed by atoms with E-state index in [1.54, 1.807) is 17.9 Å². The summed E-state index contributed by atoms with van der Waals surface area (Å²) in [6.45, 7) is 0.453. The van der Waals surface area contributed by atoms with Crippen LogP contribution >= 0.6 is 23.2 Å². The number of hydrogen-bond donors (Lipinski definition) is 1. The SMILES string of the molecule is Cn1nncc1CNc1c(Cl)cc(F)cc1Cl. The highest BCUT2D eigenvalue weighted by molar-refractivity contribution is 6.39. The Morgan fingerprint density at radius 1 is 1.35 bits per heavy atom. The first kappa shape index (κ1) is 12.1. The molecule has 0 aliphatic rings. The Balaban J connectivity index is 2.17. The van der Waals surface area contributed by atoms with E-state index in [0.29, 0.717) is 12.2 Å². The lowest BCUT2D eigenvalue weighted by Gasteiger charge is -2.10. The molecular formula is C10H9Cl2FN4. The number of anilines is 1. The predicted molar refractivity (Wildman–Crippen MR) is 64.7 cm³/mol. The first-order chi connectivity index (χ1) is 8.08. The fourth-order valence-electron chi connectivity index (χ4n) is 1.36. The molecule has 0 unspecified atom stereocenters. The zero-order valence-corrected chi connectivity index (χ0v) is 10.4. The smallest absolute Gasteiger partial charge is 0.126 e. The Labute approximate surface area is 107 Å². The summed E-state index contributed by atoms with van der Waals surface area (Å²) in [6.07, 6.45) is 1.62. The van der Waals surface area contributed by atoms with Crippen LogP contribution in [0.4, 0.5) is 10.1 Å². The van der Waals surface area contributed by atoms with Crippen LogP contribution in [0.1, 0.15) is 5.69 Å². The van der Waals surface area contributed by atoms with Crippen LogP contribution in [0, 0.1) is 5.82 Å². The van der Waals surface area contributed by atoms with Crippen LogP contribution in [0.3, 0.4) is 0 Å². The summed E-state index contributed by atoms with van der Waals surface area (Å²) in [6, 6.07) is 2.41. The molecule has 0 saturated carbocycles. The summed E-state index contributed by atoms with van der Waals surface area (Å²) in [5.41, 5.74) is 1.36. The molecule has 0 fully saturated rings. The monoisotopic (exact) mass is 274 g/mol. The summed E-state index contributed by atoms with van der Waals surface area (Å²) in [5, 5.41) is 11.0. The Bertz CT molecular complexity index is 518. The van der Waals surface area contributed by atoms with E-state index in [0.717, 1.165) is 5.69 Å². The van der Waals surface area contributed by atoms with Gasteiger partial charge in [-0.2, -0.15) is 0 Å². The zero-order valence-electron chi connectivity index (χ0n) is 8.91. The fraction of sp³-hybridized carbons (Fsp3) is 0.200. The maximum atomic E-state index is 13.0. The van der Waals surface area contributed by atoms with E-state index in [1.165, 1.54) is 12.1 Å². The Kier molecular flexibility index (Phi) is 3.49. The van der Waals surface area contributed by atoms with Crippen molar-refractivity contribution in [3.63, 3.8) is 0 Å². The average Bonchev–Trinajstić information content (AvgIpc) is 2.62. The highest BCUT2D eigenvalue weighted by Gasteiger charge is 2.09. The normalized spacial score (nSPS) is 10.6. The van der Waals surface area contributed by atoms with Gasteiger partial charge < -0.3 is 5.32 Å². The highest BCUT2D eigenvalue weighted by Crippen LogP contribution is 2.31. The quantitative estimate of drug-likeness (QED) is 0.936. The van der Waals surface area contributed by atoms with Crippen molar-refractivity contribution in [1.29, 1.82) is 0 Å². The Hall–Kier alpha value is -1.33. The van der Waals surface area contributed by atoms with Gasteiger partial charge in [0, 0.05) is 7.05 Å². The number of benzene rings is 1. The van der Waals surface area contributed by atoms with Gasteiger partial charge in [-0.1, -0.05) is 28.4 Å². The molecular weight excluding hydrogens is 266 g/mol. The van der Waals surface area contributed by atoms with E-state index < -0.39 is 5.82 Å². The first-order valence-corrected chi connectivity index (χ1v) is 5.55. The molecule has 2 rings (SSSR count). The molecule has 0 spiro atoms. The molecule has 4 nitrogen and oxygen atoms in total. The van der Waals surface area contributed by atoms with Gasteiger partial charge in [-0.05, 0) is 12.1 Å². The molecule has 1 aromatic carbocycles. The molecule has 7 heteroatoms. The second kappa shape index (κ2) is 4.89. The van der Waals surface area contributed by atoms with Crippen molar-refractivity contribution < 1.29 is 4.39 Å². The van der Waals surface area contributed by atoms with Crippen LogP contribution in [-0.2, 0) is 13.6 Å². The number of hydrogen-bond acceptors (Lipinski definition) is 3. The van der Waals surface area contributed by atoms with Gasteiger partial charge in [0.25, 0.3) is 0 Å². The molecule has 1 aromatic heterocycles. The average molecular weight is 275 g/mol.